The number of hydrogen-bond donors (Lipinski definition) is 1. The molecule has 2 aromatic heterocycles. The summed E-state index contributed by atoms with van der Waals surface area (Å²) in [6.07, 6.45) is 1.78. The fourth-order valence-electron chi connectivity index (χ4n) is 3.54. The molecule has 7 heteroatoms. The second kappa shape index (κ2) is 8.41. The van der Waals surface area contributed by atoms with E-state index in [0.29, 0.717) is 12.1 Å². The number of hydrogen-bond acceptors (Lipinski definition) is 5. The molecule has 1 aliphatic heterocycles. The maximum atomic E-state index is 12.7. The molecule has 1 aromatic carbocycles. The third-order valence-corrected chi connectivity index (χ3v) is 6.75. The van der Waals surface area contributed by atoms with Gasteiger partial charge in [-0.05, 0) is 37.6 Å². The summed E-state index contributed by atoms with van der Waals surface area (Å²) in [5.74, 6) is 2.34. The van der Waals surface area contributed by atoms with Crippen molar-refractivity contribution >= 4 is 34.7 Å². The predicted octanol–water partition coefficient (Wildman–Crippen LogP) is 4.03. The van der Waals surface area contributed by atoms with Crippen LogP contribution in [0.3, 0.4) is 0 Å². The van der Waals surface area contributed by atoms with E-state index in [1.54, 1.807) is 17.5 Å². The van der Waals surface area contributed by atoms with Gasteiger partial charge in [0.15, 0.2) is 5.13 Å². The lowest BCUT2D eigenvalue weighted by molar-refractivity contribution is 0.0950. The van der Waals surface area contributed by atoms with Crippen molar-refractivity contribution < 1.29 is 4.79 Å². The molecule has 4 rings (SSSR count). The second-order valence-electron chi connectivity index (χ2n) is 6.88. The monoisotopic (exact) mass is 412 g/mol. The number of carbonyl (C=O) groups is 1. The van der Waals surface area contributed by atoms with E-state index in [-0.39, 0.29) is 5.91 Å². The predicted molar refractivity (Wildman–Crippen MR) is 118 cm³/mol. The summed E-state index contributed by atoms with van der Waals surface area (Å²) < 4.78 is 2.03. The average Bonchev–Trinajstić information content (AvgIpc) is 3.35. The minimum atomic E-state index is -0.0481. The third-order valence-electron chi connectivity index (χ3n) is 5.05. The first-order valence-electron chi connectivity index (χ1n) is 9.42. The van der Waals surface area contributed by atoms with Gasteiger partial charge in [0.1, 0.15) is 0 Å². The van der Waals surface area contributed by atoms with E-state index < -0.39 is 0 Å². The summed E-state index contributed by atoms with van der Waals surface area (Å²) in [5, 5.41) is 5.89. The van der Waals surface area contributed by atoms with Gasteiger partial charge in [-0.3, -0.25) is 9.36 Å². The number of nitrogens with zero attached hydrogens (tertiary/aromatic N) is 3. The topological polar surface area (TPSA) is 50.2 Å². The normalized spacial score (nSPS) is 14.3. The number of thiazole rings is 1. The fraction of sp³-hybridized carbons (Fsp3) is 0.333. The Kier molecular flexibility index (Phi) is 5.73. The molecule has 0 aliphatic carbocycles. The van der Waals surface area contributed by atoms with Crippen molar-refractivity contribution in [2.75, 3.05) is 29.5 Å². The summed E-state index contributed by atoms with van der Waals surface area (Å²) in [4.78, 5) is 19.5. The Morgan fingerprint density at radius 3 is 2.61 bits per heavy atom. The molecule has 5 nitrogen and oxygen atoms in total. The molecule has 146 valence electrons. The molecule has 0 saturated carbocycles. The van der Waals surface area contributed by atoms with E-state index in [2.05, 4.69) is 39.5 Å². The van der Waals surface area contributed by atoms with Crippen LogP contribution in [-0.4, -0.2) is 40.1 Å². The zero-order chi connectivity index (χ0) is 19.5. The zero-order valence-corrected chi connectivity index (χ0v) is 17.8. The van der Waals surface area contributed by atoms with Crippen molar-refractivity contribution in [2.45, 2.75) is 20.4 Å². The molecule has 0 atom stereocenters. The van der Waals surface area contributed by atoms with Crippen LogP contribution in [0.1, 0.15) is 27.3 Å². The summed E-state index contributed by atoms with van der Waals surface area (Å²) in [7, 11) is 0. The lowest BCUT2D eigenvalue weighted by atomic mass is 10.1. The molecule has 0 unspecified atom stereocenters. The van der Waals surface area contributed by atoms with Crippen LogP contribution in [0, 0.1) is 13.8 Å². The van der Waals surface area contributed by atoms with E-state index in [4.69, 9.17) is 0 Å². The van der Waals surface area contributed by atoms with Crippen molar-refractivity contribution in [3.8, 4) is 5.13 Å². The number of benzene rings is 1. The maximum Gasteiger partial charge on any atom is 0.253 e. The molecule has 1 amide bonds. The fourth-order valence-corrected chi connectivity index (χ4v) is 5.19. The summed E-state index contributed by atoms with van der Waals surface area (Å²) in [6, 6.07) is 10.5. The Bertz CT molecular complexity index is 942. The number of aromatic nitrogens is 2. The molecule has 28 heavy (non-hydrogen) atoms. The number of rotatable bonds is 5. The quantitative estimate of drug-likeness (QED) is 0.687. The van der Waals surface area contributed by atoms with Crippen molar-refractivity contribution in [3.05, 3.63) is 64.4 Å². The van der Waals surface area contributed by atoms with E-state index in [1.165, 1.54) is 17.2 Å². The van der Waals surface area contributed by atoms with Gasteiger partial charge in [0.25, 0.3) is 5.91 Å². The number of anilines is 1. The van der Waals surface area contributed by atoms with Gasteiger partial charge in [-0.1, -0.05) is 12.1 Å². The van der Waals surface area contributed by atoms with E-state index in [9.17, 15) is 4.79 Å². The van der Waals surface area contributed by atoms with Crippen LogP contribution in [-0.2, 0) is 6.54 Å². The molecule has 1 fully saturated rings. The summed E-state index contributed by atoms with van der Waals surface area (Å²) >= 11 is 3.58. The zero-order valence-electron chi connectivity index (χ0n) is 16.1. The van der Waals surface area contributed by atoms with Gasteiger partial charge < -0.3 is 10.2 Å². The largest absolute Gasteiger partial charge is 0.370 e. The standard InChI is InChI=1S/C21H24N4OS2/c1-15-13-19(16(2)25(15)21-22-7-10-28-21)20(26)23-14-17-3-5-18(6-4-17)24-8-11-27-12-9-24/h3-7,10,13H,8-9,11-12,14H2,1-2H3,(H,23,26). The van der Waals surface area contributed by atoms with Crippen molar-refractivity contribution in [3.63, 3.8) is 0 Å². The Hall–Kier alpha value is -2.25. The van der Waals surface area contributed by atoms with E-state index >= 15 is 0 Å². The average molecular weight is 413 g/mol. The number of nitrogens with one attached hydrogen (secondary N) is 1. The van der Waals surface area contributed by atoms with Gasteiger partial charge in [0, 0.05) is 59.8 Å². The van der Waals surface area contributed by atoms with Gasteiger partial charge in [0.05, 0.1) is 5.56 Å². The lowest BCUT2D eigenvalue weighted by Gasteiger charge is -2.28. The van der Waals surface area contributed by atoms with Crippen LogP contribution in [0.4, 0.5) is 5.69 Å². The van der Waals surface area contributed by atoms with Crippen LogP contribution >= 0.6 is 23.1 Å². The number of carbonyl (C=O) groups excluding carboxylic acids is 1. The highest BCUT2D eigenvalue weighted by Gasteiger charge is 2.17. The Morgan fingerprint density at radius 1 is 1.18 bits per heavy atom. The lowest BCUT2D eigenvalue weighted by Crippen LogP contribution is -2.32. The smallest absolute Gasteiger partial charge is 0.253 e. The molecular weight excluding hydrogens is 388 g/mol. The third kappa shape index (κ3) is 3.95. The summed E-state index contributed by atoms with van der Waals surface area (Å²) in [5.41, 5.74) is 5.01. The van der Waals surface area contributed by atoms with Crippen molar-refractivity contribution in [2.24, 2.45) is 0 Å². The minimum Gasteiger partial charge on any atom is -0.370 e. The minimum absolute atomic E-state index is 0.0481. The first kappa shape index (κ1) is 19.1. The number of thioether (sulfide) groups is 1. The molecular formula is C21H24N4OS2. The molecule has 1 N–H and O–H groups in total. The van der Waals surface area contributed by atoms with Gasteiger partial charge in [0.2, 0.25) is 0 Å². The van der Waals surface area contributed by atoms with Crippen molar-refractivity contribution in [1.29, 1.82) is 0 Å². The van der Waals surface area contributed by atoms with Crippen LogP contribution in [0.5, 0.6) is 0 Å². The first-order valence-corrected chi connectivity index (χ1v) is 11.5. The Morgan fingerprint density at radius 2 is 1.93 bits per heavy atom. The molecule has 0 spiro atoms. The molecule has 0 radical (unpaired) electrons. The van der Waals surface area contributed by atoms with Crippen LogP contribution in [0.2, 0.25) is 0 Å². The summed E-state index contributed by atoms with van der Waals surface area (Å²) in [6.45, 7) is 6.71. The van der Waals surface area contributed by atoms with Gasteiger partial charge in [-0.25, -0.2) is 4.98 Å². The first-order chi connectivity index (χ1) is 13.6. The maximum absolute atomic E-state index is 12.7. The van der Waals surface area contributed by atoms with Gasteiger partial charge >= 0.3 is 0 Å². The van der Waals surface area contributed by atoms with Gasteiger partial charge in [-0.15, -0.1) is 11.3 Å². The van der Waals surface area contributed by atoms with Gasteiger partial charge in [-0.2, -0.15) is 11.8 Å². The molecule has 1 saturated heterocycles. The highest BCUT2D eigenvalue weighted by Crippen LogP contribution is 2.23. The molecule has 3 aromatic rings. The van der Waals surface area contributed by atoms with Crippen LogP contribution in [0.25, 0.3) is 5.13 Å². The second-order valence-corrected chi connectivity index (χ2v) is 8.98. The van der Waals surface area contributed by atoms with E-state index in [1.807, 2.05) is 41.6 Å². The van der Waals surface area contributed by atoms with E-state index in [0.717, 1.165) is 35.2 Å². The Balaban J connectivity index is 1.41. The van der Waals surface area contributed by atoms with Crippen LogP contribution < -0.4 is 10.2 Å². The number of aryl methyl sites for hydroxylation is 1. The molecule has 3 heterocycles. The Labute approximate surface area is 173 Å². The highest BCUT2D eigenvalue weighted by atomic mass is 32.2. The molecule has 0 bridgehead atoms. The highest BCUT2D eigenvalue weighted by molar-refractivity contribution is 7.99. The van der Waals surface area contributed by atoms with Crippen molar-refractivity contribution in [1.82, 2.24) is 14.9 Å². The SMILES string of the molecule is Cc1cc(C(=O)NCc2ccc(N3CCSCC3)cc2)c(C)n1-c1nccs1. The number of amides is 1. The molecule has 1 aliphatic rings. The van der Waals surface area contributed by atoms with Crippen LogP contribution in [0.15, 0.2) is 41.9 Å².